The largest absolute Gasteiger partial charge is 0.479 e. The van der Waals surface area contributed by atoms with Gasteiger partial charge in [-0.15, -0.1) is 0 Å². The van der Waals surface area contributed by atoms with E-state index in [1.54, 1.807) is 6.92 Å². The summed E-state index contributed by atoms with van der Waals surface area (Å²) in [4.78, 5) is 22.0. The van der Waals surface area contributed by atoms with Crippen molar-refractivity contribution >= 4 is 43.8 Å². The van der Waals surface area contributed by atoms with E-state index in [9.17, 15) is 9.59 Å². The second-order valence-corrected chi connectivity index (χ2v) is 6.68. The number of carbonyl (C=O) groups excluding carboxylic acids is 1. The van der Waals surface area contributed by atoms with Crippen LogP contribution in [0.5, 0.6) is 0 Å². The van der Waals surface area contributed by atoms with E-state index in [0.29, 0.717) is 0 Å². The Labute approximate surface area is 106 Å². The normalized spacial score (nSPS) is 13.3. The van der Waals surface area contributed by atoms with Gasteiger partial charge in [0.25, 0.3) is 3.23 Å². The van der Waals surface area contributed by atoms with Crippen LogP contribution in [0.1, 0.15) is 33.1 Å². The van der Waals surface area contributed by atoms with Crippen molar-refractivity contribution in [3.05, 3.63) is 0 Å². The molecule has 0 aromatic carbocycles. The number of carbonyl (C=O) groups is 2. The number of halogens is 2. The van der Waals surface area contributed by atoms with Crippen LogP contribution < -0.4 is 0 Å². The monoisotopic (exact) mass is 344 g/mol. The first-order valence-electron chi connectivity index (χ1n) is 4.64. The molecule has 1 atom stereocenters. The van der Waals surface area contributed by atoms with E-state index in [4.69, 9.17) is 9.84 Å². The molecule has 0 aliphatic heterocycles. The quantitative estimate of drug-likeness (QED) is 0.456. The lowest BCUT2D eigenvalue weighted by Crippen LogP contribution is -2.37. The first-order chi connectivity index (χ1) is 6.82. The third-order valence-corrected chi connectivity index (χ3v) is 3.12. The lowest BCUT2D eigenvalue weighted by atomic mass is 10.2. The number of carboxylic acid groups (broad SMARTS) is 1. The maximum absolute atomic E-state index is 11.4. The molecule has 0 aliphatic carbocycles. The van der Waals surface area contributed by atoms with Gasteiger partial charge in [0.2, 0.25) is 0 Å². The molecule has 88 valence electrons. The third kappa shape index (κ3) is 4.97. The topological polar surface area (TPSA) is 63.6 Å². The molecule has 0 aromatic heterocycles. The number of hydrogen-bond acceptors (Lipinski definition) is 3. The Balaban J connectivity index is 4.18. The van der Waals surface area contributed by atoms with E-state index in [2.05, 4.69) is 31.9 Å². The van der Waals surface area contributed by atoms with Crippen LogP contribution in [0.25, 0.3) is 0 Å². The van der Waals surface area contributed by atoms with Gasteiger partial charge in [0, 0.05) is 0 Å². The Morgan fingerprint density at radius 1 is 1.47 bits per heavy atom. The fourth-order valence-corrected chi connectivity index (χ4v) is 1.08. The average molecular weight is 346 g/mol. The standard InChI is InChI=1S/C9H14Br2O4/c1-3-4-5-6(2)15-8(14)9(10,11)7(12)13/h6H,3-5H2,1-2H3,(H,12,13). The minimum absolute atomic E-state index is 0.272. The Hall–Kier alpha value is -0.100. The average Bonchev–Trinajstić information content (AvgIpc) is 2.14. The Morgan fingerprint density at radius 3 is 2.40 bits per heavy atom. The first-order valence-corrected chi connectivity index (χ1v) is 6.23. The lowest BCUT2D eigenvalue weighted by molar-refractivity contribution is -0.154. The molecule has 4 nitrogen and oxygen atoms in total. The summed E-state index contributed by atoms with van der Waals surface area (Å²) in [5.41, 5.74) is 0. The van der Waals surface area contributed by atoms with E-state index in [0.717, 1.165) is 19.3 Å². The van der Waals surface area contributed by atoms with Crippen LogP contribution in [0, 0.1) is 0 Å². The van der Waals surface area contributed by atoms with E-state index in [-0.39, 0.29) is 6.10 Å². The van der Waals surface area contributed by atoms with Crippen molar-refractivity contribution < 1.29 is 19.4 Å². The molecule has 0 saturated heterocycles. The number of rotatable bonds is 6. The molecule has 0 radical (unpaired) electrons. The zero-order valence-corrected chi connectivity index (χ0v) is 11.8. The maximum atomic E-state index is 11.4. The van der Waals surface area contributed by atoms with E-state index in [1.165, 1.54) is 0 Å². The Kier molecular flexibility index (Phi) is 6.43. The highest BCUT2D eigenvalue weighted by atomic mass is 79.9. The summed E-state index contributed by atoms with van der Waals surface area (Å²) in [6.45, 7) is 3.77. The number of esters is 1. The molecule has 0 heterocycles. The molecule has 0 rings (SSSR count). The summed E-state index contributed by atoms with van der Waals surface area (Å²) < 4.78 is 3.13. The van der Waals surface area contributed by atoms with Crippen LogP contribution in [0.2, 0.25) is 0 Å². The molecular weight excluding hydrogens is 332 g/mol. The number of aliphatic carboxylic acids is 1. The van der Waals surface area contributed by atoms with Crippen molar-refractivity contribution in [2.75, 3.05) is 0 Å². The van der Waals surface area contributed by atoms with Crippen LogP contribution in [-0.2, 0) is 14.3 Å². The molecule has 0 saturated carbocycles. The summed E-state index contributed by atoms with van der Waals surface area (Å²) in [5, 5.41) is 8.71. The number of hydrogen-bond donors (Lipinski definition) is 1. The van der Waals surface area contributed by atoms with Crippen molar-refractivity contribution in [3.63, 3.8) is 0 Å². The van der Waals surface area contributed by atoms with Crippen LogP contribution in [0.15, 0.2) is 0 Å². The minimum atomic E-state index is -1.83. The van der Waals surface area contributed by atoms with Crippen LogP contribution in [-0.4, -0.2) is 26.4 Å². The zero-order valence-electron chi connectivity index (χ0n) is 8.63. The van der Waals surface area contributed by atoms with Gasteiger partial charge in [-0.25, -0.2) is 9.59 Å². The number of carboxylic acids is 1. The number of alkyl halides is 2. The fourth-order valence-electron chi connectivity index (χ4n) is 0.895. The highest BCUT2D eigenvalue weighted by Gasteiger charge is 2.43. The summed E-state index contributed by atoms with van der Waals surface area (Å²) in [7, 11) is 0. The van der Waals surface area contributed by atoms with Gasteiger partial charge in [-0.3, -0.25) is 0 Å². The molecule has 1 N–H and O–H groups in total. The molecule has 0 aliphatic rings. The minimum Gasteiger partial charge on any atom is -0.479 e. The molecule has 6 heteroatoms. The van der Waals surface area contributed by atoms with Crippen LogP contribution in [0.3, 0.4) is 0 Å². The highest BCUT2D eigenvalue weighted by Crippen LogP contribution is 2.28. The number of ether oxygens (including phenoxy) is 1. The second kappa shape index (κ2) is 6.48. The Bertz CT molecular complexity index is 240. The predicted octanol–water partition coefficient (Wildman–Crippen LogP) is 2.68. The van der Waals surface area contributed by atoms with Gasteiger partial charge in [-0.2, -0.15) is 0 Å². The van der Waals surface area contributed by atoms with Crippen molar-refractivity contribution in [1.29, 1.82) is 0 Å². The summed E-state index contributed by atoms with van der Waals surface area (Å²) in [6, 6.07) is 0. The van der Waals surface area contributed by atoms with Crippen molar-refractivity contribution in [2.45, 2.75) is 42.4 Å². The van der Waals surface area contributed by atoms with Crippen molar-refractivity contribution in [2.24, 2.45) is 0 Å². The molecular formula is C9H14Br2O4. The molecule has 0 amide bonds. The van der Waals surface area contributed by atoms with Crippen molar-refractivity contribution in [1.82, 2.24) is 0 Å². The predicted molar refractivity (Wildman–Crippen MR) is 63.3 cm³/mol. The molecule has 15 heavy (non-hydrogen) atoms. The maximum Gasteiger partial charge on any atom is 0.345 e. The van der Waals surface area contributed by atoms with Gasteiger partial charge < -0.3 is 9.84 Å². The van der Waals surface area contributed by atoms with E-state index >= 15 is 0 Å². The highest BCUT2D eigenvalue weighted by molar-refractivity contribution is 9.26. The summed E-state index contributed by atoms with van der Waals surface area (Å²) in [6.07, 6.45) is 2.41. The first kappa shape index (κ1) is 14.9. The van der Waals surface area contributed by atoms with Gasteiger partial charge in [0.1, 0.15) is 0 Å². The third-order valence-electron chi connectivity index (χ3n) is 1.80. The van der Waals surface area contributed by atoms with Crippen LogP contribution >= 0.6 is 31.9 Å². The van der Waals surface area contributed by atoms with Gasteiger partial charge in [-0.05, 0) is 45.2 Å². The second-order valence-electron chi connectivity index (χ2n) is 3.24. The summed E-state index contributed by atoms with van der Waals surface area (Å²) in [5.74, 6) is -2.16. The fraction of sp³-hybridized carbons (Fsp3) is 0.778. The van der Waals surface area contributed by atoms with Gasteiger partial charge in [-0.1, -0.05) is 19.8 Å². The molecule has 0 spiro atoms. The number of unbranched alkanes of at least 4 members (excludes halogenated alkanes) is 1. The smallest absolute Gasteiger partial charge is 0.345 e. The van der Waals surface area contributed by atoms with Gasteiger partial charge >= 0.3 is 11.9 Å². The molecule has 1 unspecified atom stereocenters. The van der Waals surface area contributed by atoms with Crippen molar-refractivity contribution in [3.8, 4) is 0 Å². The zero-order chi connectivity index (χ0) is 12.1. The molecule has 0 bridgehead atoms. The van der Waals surface area contributed by atoms with E-state index in [1.807, 2.05) is 6.92 Å². The lowest BCUT2D eigenvalue weighted by Gasteiger charge is -2.18. The molecule has 0 fully saturated rings. The van der Waals surface area contributed by atoms with E-state index < -0.39 is 15.2 Å². The molecule has 0 aromatic rings. The Morgan fingerprint density at radius 2 is 2.00 bits per heavy atom. The van der Waals surface area contributed by atoms with Gasteiger partial charge in [0.05, 0.1) is 6.10 Å². The summed E-state index contributed by atoms with van der Waals surface area (Å²) >= 11 is 5.50. The van der Waals surface area contributed by atoms with Crippen LogP contribution in [0.4, 0.5) is 0 Å². The van der Waals surface area contributed by atoms with Gasteiger partial charge in [0.15, 0.2) is 0 Å². The SMILES string of the molecule is CCCCC(C)OC(=O)C(Br)(Br)C(=O)O.